The van der Waals surface area contributed by atoms with Gasteiger partial charge in [-0.1, -0.05) is 47.6 Å². The van der Waals surface area contributed by atoms with Crippen LogP contribution in [-0.4, -0.2) is 18.7 Å². The number of nitrogens with zero attached hydrogens (tertiary/aromatic N) is 4. The van der Waals surface area contributed by atoms with E-state index < -0.39 is 71.3 Å². The summed E-state index contributed by atoms with van der Waals surface area (Å²) in [4.78, 5) is 4.99. The Morgan fingerprint density at radius 1 is 0.611 bits per heavy atom. The number of aromatic nitrogens is 4. The molecule has 5 nitrogen and oxygen atoms in total. The molecule has 0 saturated heterocycles. The van der Waals surface area contributed by atoms with Crippen LogP contribution in [0.5, 0.6) is 11.5 Å². The molecule has 0 saturated carbocycles. The van der Waals surface area contributed by atoms with Gasteiger partial charge in [0.25, 0.3) is 0 Å². The Morgan fingerprint density at radius 2 is 1.19 bits per heavy atom. The van der Waals surface area contributed by atoms with Crippen molar-refractivity contribution in [2.24, 2.45) is 5.41 Å². The zero-order valence-electron chi connectivity index (χ0n) is 53.2. The van der Waals surface area contributed by atoms with Gasteiger partial charge in [0.2, 0.25) is 0 Å². The van der Waals surface area contributed by atoms with E-state index in [1.165, 1.54) is 11.1 Å². The Kier molecular flexibility index (Phi) is 8.66. The van der Waals surface area contributed by atoms with Gasteiger partial charge in [-0.3, -0.25) is 0 Å². The molecular formula is C66H64N4OPt-2. The maximum atomic E-state index is 9.41. The van der Waals surface area contributed by atoms with E-state index in [9.17, 15) is 5.48 Å². The van der Waals surface area contributed by atoms with Crippen molar-refractivity contribution in [2.75, 3.05) is 0 Å². The number of aryl methyl sites for hydroxylation is 1. The fraction of sp³-hybridized carbons (Fsp3) is 0.273. The van der Waals surface area contributed by atoms with Crippen LogP contribution in [0.15, 0.2) is 152 Å². The van der Waals surface area contributed by atoms with Gasteiger partial charge in [-0.15, -0.1) is 0 Å². The predicted molar refractivity (Wildman–Crippen MR) is 295 cm³/mol. The summed E-state index contributed by atoms with van der Waals surface area (Å²) in [7, 11) is 0. The molecule has 1 aliphatic carbocycles. The minimum absolute atomic E-state index is 0.0974. The topological polar surface area (TPSA) is 36.9 Å². The third kappa shape index (κ3) is 7.43. The number of pyridine rings is 1. The number of hydrogen-bond acceptors (Lipinski definition) is 2. The van der Waals surface area contributed by atoms with E-state index in [0.29, 0.717) is 37.6 Å². The van der Waals surface area contributed by atoms with Crippen LogP contribution in [0.25, 0.3) is 72.3 Å². The van der Waals surface area contributed by atoms with Crippen molar-refractivity contribution in [1.29, 1.82) is 0 Å². The first-order chi connectivity index (χ1) is 38.2. The van der Waals surface area contributed by atoms with Crippen LogP contribution in [0.3, 0.4) is 0 Å². The third-order valence-corrected chi connectivity index (χ3v) is 17.0. The zero-order chi connectivity index (χ0) is 59.6. The molecular weight excluding hydrogens is 1060 g/mol. The average Bonchev–Trinajstić information content (AvgIpc) is 1.64. The van der Waals surface area contributed by atoms with E-state index in [1.54, 1.807) is 12.1 Å². The van der Waals surface area contributed by atoms with Gasteiger partial charge in [0, 0.05) is 6.20 Å². The van der Waals surface area contributed by atoms with Gasteiger partial charge in [-0.05, 0) is 40.4 Å². The molecule has 0 atom stereocenters. The van der Waals surface area contributed by atoms with Crippen molar-refractivity contribution in [1.82, 2.24) is 18.7 Å². The van der Waals surface area contributed by atoms with Gasteiger partial charge in [-0.25, -0.2) is 0 Å². The van der Waals surface area contributed by atoms with Gasteiger partial charge >= 0.3 is 358 Å². The summed E-state index contributed by atoms with van der Waals surface area (Å²) in [5.41, 5.74) is 7.98. The molecule has 0 radical (unpaired) electrons. The van der Waals surface area contributed by atoms with Gasteiger partial charge in [0.15, 0.2) is 0 Å². The van der Waals surface area contributed by atoms with E-state index in [0.717, 1.165) is 38.8 Å². The van der Waals surface area contributed by atoms with Crippen molar-refractivity contribution in [3.8, 4) is 50.9 Å². The van der Waals surface area contributed by atoms with E-state index in [-0.39, 0.29) is 44.2 Å². The number of rotatable bonds is 7. The maximum absolute atomic E-state index is 9.41. The second-order valence-corrected chi connectivity index (χ2v) is 23.9. The van der Waals surface area contributed by atoms with Gasteiger partial charge in [-0.2, -0.15) is 0 Å². The molecule has 3 heterocycles. The second kappa shape index (κ2) is 16.8. The van der Waals surface area contributed by atoms with E-state index >= 15 is 0 Å². The normalized spacial score (nSPS) is 17.1. The standard InChI is InChI=1S/C66H64N4O.Pt/c1-42-32-33-67-58(34-42)70-57-40-48(28-29-50(57)51-30-31-54-59(61(51)70)65(10,11)66(12,13)64(54,8)9)71-49-36-45(62(2,3)4)35-47(39-49)68-41-69(56-27-21-20-26-55(56)68)60-52(43-22-16-14-17-23-43)37-46(63(5,6)7)38-53(60)44-24-18-15-19-25-44;/h14-38H,1-13H3;/q-2;/i14D,15D,16D,17D,18D,19D,22D,23D,24D,25D;. The molecule has 0 fully saturated rings. The Bertz CT molecular complexity index is 4330. The number of benzene rings is 7. The summed E-state index contributed by atoms with van der Waals surface area (Å²) in [6.07, 6.45) is 1.85. The van der Waals surface area contributed by atoms with Crippen LogP contribution in [0, 0.1) is 28.3 Å². The summed E-state index contributed by atoms with van der Waals surface area (Å²) < 4.78 is 104. The molecule has 0 spiro atoms. The van der Waals surface area contributed by atoms with Crippen LogP contribution >= 0.6 is 0 Å². The van der Waals surface area contributed by atoms with Gasteiger partial charge < -0.3 is 0 Å². The quantitative estimate of drug-likeness (QED) is 0.149. The molecule has 6 heteroatoms. The summed E-state index contributed by atoms with van der Waals surface area (Å²) in [5.74, 6) is 1.65. The molecule has 7 aromatic carbocycles. The summed E-state index contributed by atoms with van der Waals surface area (Å²) in [5, 5.41) is 2.12. The number of hydrogen-bond donors (Lipinski definition) is 0. The first kappa shape index (κ1) is 37.2. The number of imidazole rings is 1. The van der Waals surface area contributed by atoms with E-state index in [4.69, 9.17) is 17.9 Å². The summed E-state index contributed by atoms with van der Waals surface area (Å²) in [6, 6.07) is 30.3. The Morgan fingerprint density at radius 3 is 1.79 bits per heavy atom. The molecule has 0 aliphatic heterocycles. The monoisotopic (exact) mass is 1130 g/mol. The molecule has 11 rings (SSSR count). The second-order valence-electron chi connectivity index (χ2n) is 22.9. The average molecular weight is 1130 g/mol. The molecule has 1 aliphatic rings. The van der Waals surface area contributed by atoms with Crippen molar-refractivity contribution in [2.45, 2.75) is 112 Å². The van der Waals surface area contributed by atoms with Gasteiger partial charge in [0.05, 0.1) is 0 Å². The molecule has 0 amide bonds. The fourth-order valence-corrected chi connectivity index (χ4v) is 11.9. The number of para-hydroxylation sites is 2. The van der Waals surface area contributed by atoms with Crippen LogP contribution in [0.1, 0.15) is 125 Å². The SMILES string of the molecule is [2H]c1c([2H])c([2H])c(-c2cc(C(C)(C)C)cc(-c3c([2H])c([2H])c([2H])c([2H])c3[2H])c2-n2[c](=[Pt])n(-c3[c-]c(Oc4[c-]c5c(cc4)c4ccc6c(c4n5-c4cc(C)ccn4)C(C)(C)C(C)(C)C6(C)C)cc(C(C)(C)C)c3)c3ccccc32)c([2H])c1[2H]. The van der Waals surface area contributed by atoms with Crippen molar-refractivity contribution in [3.05, 3.63) is 195 Å². The molecule has 0 unspecified atom stereocenters. The van der Waals surface area contributed by atoms with Crippen molar-refractivity contribution >= 4 is 32.8 Å². The van der Waals surface area contributed by atoms with Crippen molar-refractivity contribution in [3.63, 3.8) is 0 Å². The molecule has 0 N–H and O–H groups in total. The zero-order valence-corrected chi connectivity index (χ0v) is 45.4. The van der Waals surface area contributed by atoms with Crippen LogP contribution in [-0.2, 0) is 41.0 Å². The predicted octanol–water partition coefficient (Wildman–Crippen LogP) is 17.2. The van der Waals surface area contributed by atoms with Crippen molar-refractivity contribution < 1.29 is 37.8 Å². The summed E-state index contributed by atoms with van der Waals surface area (Å²) >= 11 is 2.21. The van der Waals surface area contributed by atoms with E-state index in [2.05, 4.69) is 136 Å². The molecule has 72 heavy (non-hydrogen) atoms. The van der Waals surface area contributed by atoms with Crippen LogP contribution in [0.2, 0.25) is 0 Å². The Labute approximate surface area is 450 Å². The fourth-order valence-electron chi connectivity index (χ4n) is 10.8. The molecule has 366 valence electrons. The third-order valence-electron chi connectivity index (χ3n) is 16.0. The first-order valence-corrected chi connectivity index (χ1v) is 25.6. The van der Waals surface area contributed by atoms with Crippen LogP contribution < -0.4 is 4.74 Å². The van der Waals surface area contributed by atoms with Crippen LogP contribution in [0.4, 0.5) is 0 Å². The van der Waals surface area contributed by atoms with E-state index in [1.807, 2.05) is 78.6 Å². The van der Waals surface area contributed by atoms with Gasteiger partial charge in [0.1, 0.15) is 0 Å². The summed E-state index contributed by atoms with van der Waals surface area (Å²) in [6.45, 7) is 28.5. The molecule has 0 bridgehead atoms. The number of ether oxygens (including phenoxy) is 1. The molecule has 10 aromatic rings. The Balaban J connectivity index is 1.19. The minimum atomic E-state index is -0.644. The molecule has 3 aromatic heterocycles. The Hall–Kier alpha value is -6.55. The number of fused-ring (bicyclic) bond motifs is 6. The first-order valence-electron chi connectivity index (χ1n) is 29.5.